The zero-order valence-corrected chi connectivity index (χ0v) is 14.9. The van der Waals surface area contributed by atoms with Gasteiger partial charge in [-0.05, 0) is 49.6 Å². The highest BCUT2D eigenvalue weighted by Crippen LogP contribution is 2.42. The maximum absolute atomic E-state index is 12.4. The molecule has 0 aromatic heterocycles. The first-order valence-electron chi connectivity index (χ1n) is 8.53. The predicted molar refractivity (Wildman–Crippen MR) is 102 cm³/mol. The number of carbonyl (C=O) groups is 2. The number of nitrogens with zero attached hydrogens (tertiary/aromatic N) is 1. The van der Waals surface area contributed by atoms with E-state index < -0.39 is 0 Å². The Morgan fingerprint density at radius 3 is 2.64 bits per heavy atom. The minimum atomic E-state index is -0.0621. The molecule has 0 unspecified atom stereocenters. The minimum Gasteiger partial charge on any atom is -0.326 e. The topological polar surface area (TPSA) is 49.4 Å². The Morgan fingerprint density at radius 2 is 1.92 bits per heavy atom. The largest absolute Gasteiger partial charge is 0.326 e. The molecule has 4 rings (SSSR count). The van der Waals surface area contributed by atoms with Gasteiger partial charge in [0.05, 0.1) is 5.75 Å². The average molecular weight is 352 g/mol. The molecule has 5 heteroatoms. The van der Waals surface area contributed by atoms with Gasteiger partial charge in [-0.2, -0.15) is 0 Å². The van der Waals surface area contributed by atoms with Gasteiger partial charge in [0.1, 0.15) is 5.37 Å². The SMILES string of the molecule is Cc1ccc(N2C(=O)CS[C@H]2c2cccc(NC(=O)C3CC3)c2)cc1. The molecule has 1 aliphatic carbocycles. The Hall–Kier alpha value is -2.27. The summed E-state index contributed by atoms with van der Waals surface area (Å²) in [6, 6.07) is 15.9. The van der Waals surface area contributed by atoms with E-state index in [9.17, 15) is 9.59 Å². The van der Waals surface area contributed by atoms with Crippen molar-refractivity contribution in [2.75, 3.05) is 16.0 Å². The second-order valence-electron chi connectivity index (χ2n) is 6.65. The van der Waals surface area contributed by atoms with Crippen LogP contribution in [-0.4, -0.2) is 17.6 Å². The molecule has 4 nitrogen and oxygen atoms in total. The fraction of sp³-hybridized carbons (Fsp3) is 0.300. The van der Waals surface area contributed by atoms with E-state index in [1.54, 1.807) is 11.8 Å². The smallest absolute Gasteiger partial charge is 0.238 e. The molecule has 1 saturated carbocycles. The van der Waals surface area contributed by atoms with Crippen molar-refractivity contribution in [3.05, 3.63) is 59.7 Å². The lowest BCUT2D eigenvalue weighted by atomic mass is 10.1. The standard InChI is InChI=1S/C20H20N2O2S/c1-13-5-9-17(10-6-13)22-18(23)12-25-20(22)15-3-2-4-16(11-15)21-19(24)14-7-8-14/h2-6,9-11,14,20H,7-8,12H2,1H3,(H,21,24)/t20-/m0/s1. The highest BCUT2D eigenvalue weighted by molar-refractivity contribution is 8.00. The van der Waals surface area contributed by atoms with E-state index in [2.05, 4.69) is 5.32 Å². The molecule has 1 aliphatic heterocycles. The lowest BCUT2D eigenvalue weighted by molar-refractivity contribution is -0.117. The molecule has 1 atom stereocenters. The highest BCUT2D eigenvalue weighted by Gasteiger charge is 2.34. The van der Waals surface area contributed by atoms with Gasteiger partial charge in [0.2, 0.25) is 11.8 Å². The molecule has 2 amide bonds. The molecule has 2 aliphatic rings. The fourth-order valence-electron chi connectivity index (χ4n) is 3.02. The molecule has 0 bridgehead atoms. The summed E-state index contributed by atoms with van der Waals surface area (Å²) < 4.78 is 0. The van der Waals surface area contributed by atoms with Crippen LogP contribution in [0.1, 0.15) is 29.3 Å². The third-order valence-electron chi connectivity index (χ3n) is 4.57. The Kier molecular flexibility index (Phi) is 4.25. The molecule has 0 radical (unpaired) electrons. The van der Waals surface area contributed by atoms with Crippen molar-refractivity contribution in [2.24, 2.45) is 5.92 Å². The number of carbonyl (C=O) groups excluding carboxylic acids is 2. The molecule has 2 aromatic rings. The van der Waals surface area contributed by atoms with Crippen LogP contribution >= 0.6 is 11.8 Å². The van der Waals surface area contributed by atoms with Crippen LogP contribution in [0.3, 0.4) is 0 Å². The molecule has 25 heavy (non-hydrogen) atoms. The number of anilines is 2. The first-order chi connectivity index (χ1) is 12.1. The van der Waals surface area contributed by atoms with Gasteiger partial charge in [-0.25, -0.2) is 0 Å². The summed E-state index contributed by atoms with van der Waals surface area (Å²) in [6.45, 7) is 2.04. The van der Waals surface area contributed by atoms with Crippen LogP contribution in [0.5, 0.6) is 0 Å². The number of nitrogens with one attached hydrogen (secondary N) is 1. The van der Waals surface area contributed by atoms with Gasteiger partial charge in [0.15, 0.2) is 0 Å². The number of amides is 2. The van der Waals surface area contributed by atoms with Crippen LogP contribution in [0.15, 0.2) is 48.5 Å². The molecule has 2 fully saturated rings. The minimum absolute atomic E-state index is 0.0621. The third kappa shape index (κ3) is 3.42. The van der Waals surface area contributed by atoms with Crippen molar-refractivity contribution in [1.29, 1.82) is 0 Å². The Morgan fingerprint density at radius 1 is 1.16 bits per heavy atom. The van der Waals surface area contributed by atoms with Gasteiger partial charge < -0.3 is 5.32 Å². The number of benzene rings is 2. The first kappa shape index (κ1) is 16.2. The maximum atomic E-state index is 12.4. The van der Waals surface area contributed by atoms with E-state index in [1.807, 2.05) is 60.4 Å². The average Bonchev–Trinajstić information content (AvgIpc) is 3.39. The van der Waals surface area contributed by atoms with Crippen molar-refractivity contribution in [3.63, 3.8) is 0 Å². The van der Waals surface area contributed by atoms with Gasteiger partial charge in [-0.3, -0.25) is 14.5 Å². The van der Waals surface area contributed by atoms with Crippen LogP contribution in [0.25, 0.3) is 0 Å². The number of aryl methyl sites for hydroxylation is 1. The molecule has 1 N–H and O–H groups in total. The maximum Gasteiger partial charge on any atom is 0.238 e. The molecular weight excluding hydrogens is 332 g/mol. The number of hydrogen-bond donors (Lipinski definition) is 1. The van der Waals surface area contributed by atoms with Crippen LogP contribution in [-0.2, 0) is 9.59 Å². The zero-order valence-electron chi connectivity index (χ0n) is 14.1. The van der Waals surface area contributed by atoms with Crippen LogP contribution in [0, 0.1) is 12.8 Å². The van der Waals surface area contributed by atoms with E-state index in [-0.39, 0.29) is 23.1 Å². The van der Waals surface area contributed by atoms with Crippen molar-refractivity contribution in [2.45, 2.75) is 25.1 Å². The van der Waals surface area contributed by atoms with Gasteiger partial charge in [-0.15, -0.1) is 11.8 Å². The van der Waals surface area contributed by atoms with Crippen LogP contribution in [0.2, 0.25) is 0 Å². The second kappa shape index (κ2) is 6.56. The van der Waals surface area contributed by atoms with Gasteiger partial charge in [0, 0.05) is 17.3 Å². The first-order valence-corrected chi connectivity index (χ1v) is 9.58. The van der Waals surface area contributed by atoms with Gasteiger partial charge in [0.25, 0.3) is 0 Å². The quantitative estimate of drug-likeness (QED) is 0.900. The molecule has 1 heterocycles. The molecule has 1 saturated heterocycles. The Balaban J connectivity index is 1.60. The second-order valence-corrected chi connectivity index (χ2v) is 7.72. The Labute approximate surface area is 151 Å². The third-order valence-corrected chi connectivity index (χ3v) is 5.78. The summed E-state index contributed by atoms with van der Waals surface area (Å²) in [7, 11) is 0. The number of thioether (sulfide) groups is 1. The molecule has 128 valence electrons. The lowest BCUT2D eigenvalue weighted by Crippen LogP contribution is -2.27. The summed E-state index contributed by atoms with van der Waals surface area (Å²) >= 11 is 1.62. The normalized spacial score (nSPS) is 20.0. The van der Waals surface area contributed by atoms with E-state index >= 15 is 0 Å². The van der Waals surface area contributed by atoms with Crippen LogP contribution < -0.4 is 10.2 Å². The fourth-order valence-corrected chi connectivity index (χ4v) is 4.18. The van der Waals surface area contributed by atoms with Crippen LogP contribution in [0.4, 0.5) is 11.4 Å². The summed E-state index contributed by atoms with van der Waals surface area (Å²) in [5.74, 6) is 0.862. The summed E-state index contributed by atoms with van der Waals surface area (Å²) in [5, 5.41) is 2.93. The van der Waals surface area contributed by atoms with Crippen molar-refractivity contribution in [3.8, 4) is 0 Å². The van der Waals surface area contributed by atoms with Crippen molar-refractivity contribution in [1.82, 2.24) is 0 Å². The molecule has 0 spiro atoms. The summed E-state index contributed by atoms with van der Waals surface area (Å²) in [4.78, 5) is 26.3. The summed E-state index contributed by atoms with van der Waals surface area (Å²) in [6.07, 6.45) is 1.97. The molecular formula is C20H20N2O2S. The number of rotatable bonds is 4. The van der Waals surface area contributed by atoms with Crippen molar-refractivity contribution >= 4 is 35.0 Å². The number of hydrogen-bond acceptors (Lipinski definition) is 3. The highest BCUT2D eigenvalue weighted by atomic mass is 32.2. The van der Waals surface area contributed by atoms with E-state index in [0.717, 1.165) is 29.8 Å². The Bertz CT molecular complexity index is 815. The zero-order chi connectivity index (χ0) is 17.4. The summed E-state index contributed by atoms with van der Waals surface area (Å²) in [5.41, 5.74) is 3.92. The predicted octanol–water partition coefficient (Wildman–Crippen LogP) is 4.12. The van der Waals surface area contributed by atoms with Gasteiger partial charge >= 0.3 is 0 Å². The lowest BCUT2D eigenvalue weighted by Gasteiger charge is -2.25. The monoisotopic (exact) mass is 352 g/mol. The molecule has 2 aromatic carbocycles. The van der Waals surface area contributed by atoms with Gasteiger partial charge in [-0.1, -0.05) is 29.8 Å². The van der Waals surface area contributed by atoms with E-state index in [1.165, 1.54) is 5.56 Å². The van der Waals surface area contributed by atoms with E-state index in [0.29, 0.717) is 5.75 Å². The van der Waals surface area contributed by atoms with E-state index in [4.69, 9.17) is 0 Å². The van der Waals surface area contributed by atoms with Crippen molar-refractivity contribution < 1.29 is 9.59 Å².